The predicted octanol–water partition coefficient (Wildman–Crippen LogP) is 0.224. The second kappa shape index (κ2) is 4.46. The van der Waals surface area contributed by atoms with Crippen molar-refractivity contribution in [1.82, 2.24) is 0 Å². The summed E-state index contributed by atoms with van der Waals surface area (Å²) >= 11 is 0. The number of rotatable bonds is 5. The normalized spacial score (nSPS) is 15.8. The Bertz CT molecular complexity index is 177. The summed E-state index contributed by atoms with van der Waals surface area (Å²) in [6.45, 7) is -0.336. The van der Waals surface area contributed by atoms with Gasteiger partial charge in [-0.2, -0.15) is 0 Å². The van der Waals surface area contributed by atoms with E-state index in [1.54, 1.807) is 0 Å². The van der Waals surface area contributed by atoms with Gasteiger partial charge < -0.3 is 10.00 Å². The van der Waals surface area contributed by atoms with Crippen LogP contribution in [-0.4, -0.2) is 29.7 Å². The number of phosphoric ester groups is 1. The molecule has 0 amide bonds. The number of carbonyl (C=O) groups is 1. The first-order chi connectivity index (χ1) is 4.98. The van der Waals surface area contributed by atoms with Gasteiger partial charge in [-0.25, -0.2) is 4.57 Å². The maximum atomic E-state index is 10.5. The summed E-state index contributed by atoms with van der Waals surface area (Å²) in [5, 5.41) is 8.09. The van der Waals surface area contributed by atoms with E-state index in [2.05, 4.69) is 9.05 Å². The van der Waals surface area contributed by atoms with E-state index >= 15 is 0 Å². The first kappa shape index (κ1) is 10.6. The second-order valence-electron chi connectivity index (χ2n) is 1.63. The monoisotopic (exact) mass is 184 g/mol. The first-order valence-corrected chi connectivity index (χ1v) is 4.22. The lowest BCUT2D eigenvalue weighted by Gasteiger charge is -2.06. The zero-order valence-corrected chi connectivity index (χ0v) is 6.78. The van der Waals surface area contributed by atoms with Crippen LogP contribution in [0.2, 0.25) is 0 Å². The number of carboxylic acid groups (broad SMARTS) is 1. The molecule has 0 rings (SSSR count). The summed E-state index contributed by atoms with van der Waals surface area (Å²) in [6.07, 6.45) is -0.325. The summed E-state index contributed by atoms with van der Waals surface area (Å²) in [6, 6.07) is 0. The Hall–Kier alpha value is -0.420. The van der Waals surface area contributed by atoms with E-state index < -0.39 is 13.8 Å². The van der Waals surface area contributed by atoms with Gasteiger partial charge in [-0.05, 0) is 0 Å². The van der Waals surface area contributed by atoms with Crippen molar-refractivity contribution in [2.45, 2.75) is 6.42 Å². The van der Waals surface area contributed by atoms with Gasteiger partial charge in [0.2, 0.25) is 0 Å². The molecule has 1 atom stereocenters. The minimum atomic E-state index is -3.99. The maximum Gasteiger partial charge on any atom is 0.471 e. The fraction of sp³-hybridized carbons (Fsp3) is 0.750. The number of phosphoric acid groups is 1. The van der Waals surface area contributed by atoms with Crippen LogP contribution in [0.3, 0.4) is 0 Å². The summed E-state index contributed by atoms with van der Waals surface area (Å²) in [5.41, 5.74) is 0. The Morgan fingerprint density at radius 2 is 2.18 bits per heavy atom. The van der Waals surface area contributed by atoms with Crippen molar-refractivity contribution in [3.63, 3.8) is 0 Å². The number of carboxylic acids is 1. The molecule has 1 unspecified atom stereocenters. The highest BCUT2D eigenvalue weighted by Crippen LogP contribution is 2.41. The van der Waals surface area contributed by atoms with Gasteiger partial charge in [-0.1, -0.05) is 0 Å². The highest BCUT2D eigenvalue weighted by Gasteiger charge is 2.18. The highest BCUT2D eigenvalue weighted by atomic mass is 31.2. The number of hydrogen-bond acceptors (Lipinski definition) is 4. The molecule has 0 spiro atoms. The maximum absolute atomic E-state index is 10.5. The molecule has 0 aromatic carbocycles. The SMILES string of the molecule is COP(=O)(O)OCCC(=O)O. The van der Waals surface area contributed by atoms with E-state index in [4.69, 9.17) is 10.00 Å². The molecule has 0 saturated carbocycles. The first-order valence-electron chi connectivity index (χ1n) is 2.73. The van der Waals surface area contributed by atoms with Gasteiger partial charge in [0.25, 0.3) is 0 Å². The summed E-state index contributed by atoms with van der Waals surface area (Å²) < 4.78 is 18.7. The lowest BCUT2D eigenvalue weighted by molar-refractivity contribution is -0.137. The molecule has 2 N–H and O–H groups in total. The van der Waals surface area contributed by atoms with Crippen LogP contribution >= 0.6 is 7.82 Å². The Labute approximate surface area is 63.4 Å². The highest BCUT2D eigenvalue weighted by molar-refractivity contribution is 7.47. The molecule has 11 heavy (non-hydrogen) atoms. The number of hydrogen-bond donors (Lipinski definition) is 2. The van der Waals surface area contributed by atoms with Gasteiger partial charge in [0.05, 0.1) is 13.0 Å². The van der Waals surface area contributed by atoms with Gasteiger partial charge in [0.1, 0.15) is 0 Å². The van der Waals surface area contributed by atoms with E-state index in [0.717, 1.165) is 7.11 Å². The Kier molecular flexibility index (Phi) is 4.29. The Balaban J connectivity index is 3.54. The van der Waals surface area contributed by atoms with Crippen LogP contribution in [0.25, 0.3) is 0 Å². The fourth-order valence-electron chi connectivity index (χ4n) is 0.301. The van der Waals surface area contributed by atoms with Gasteiger partial charge in [0, 0.05) is 7.11 Å². The van der Waals surface area contributed by atoms with Crippen LogP contribution in [0, 0.1) is 0 Å². The summed E-state index contributed by atoms with van der Waals surface area (Å²) in [7, 11) is -2.99. The van der Waals surface area contributed by atoms with Gasteiger partial charge >= 0.3 is 13.8 Å². The molecule has 66 valence electrons. The van der Waals surface area contributed by atoms with Crippen LogP contribution in [-0.2, 0) is 18.4 Å². The molecule has 0 heterocycles. The summed E-state index contributed by atoms with van der Waals surface area (Å²) in [4.78, 5) is 18.4. The third-order valence-corrected chi connectivity index (χ3v) is 1.77. The molecule has 0 aliphatic heterocycles. The third-order valence-electron chi connectivity index (χ3n) is 0.801. The van der Waals surface area contributed by atoms with Crippen molar-refractivity contribution in [3.05, 3.63) is 0 Å². The molecule has 0 aromatic heterocycles. The molecule has 0 bridgehead atoms. The third kappa shape index (κ3) is 6.00. The van der Waals surface area contributed by atoms with E-state index in [-0.39, 0.29) is 13.0 Å². The fourth-order valence-corrected chi connectivity index (χ4v) is 0.728. The average Bonchev–Trinajstić information content (AvgIpc) is 1.87. The van der Waals surface area contributed by atoms with Crippen LogP contribution in [0.1, 0.15) is 6.42 Å². The second-order valence-corrected chi connectivity index (χ2v) is 3.19. The molecule has 0 fully saturated rings. The van der Waals surface area contributed by atoms with Crippen molar-refractivity contribution in [2.75, 3.05) is 13.7 Å². The minimum absolute atomic E-state index is 0.325. The molecule has 0 aromatic rings. The quantitative estimate of drug-likeness (QED) is 0.594. The minimum Gasteiger partial charge on any atom is -0.481 e. The van der Waals surface area contributed by atoms with Crippen molar-refractivity contribution < 1.29 is 28.4 Å². The van der Waals surface area contributed by atoms with Crippen LogP contribution < -0.4 is 0 Å². The topological polar surface area (TPSA) is 93.1 Å². The van der Waals surface area contributed by atoms with Gasteiger partial charge in [-0.15, -0.1) is 0 Å². The van der Waals surface area contributed by atoms with Gasteiger partial charge in [-0.3, -0.25) is 13.8 Å². The summed E-state index contributed by atoms with van der Waals surface area (Å²) in [5.74, 6) is -1.10. The Morgan fingerprint density at radius 3 is 2.55 bits per heavy atom. The molecule has 0 radical (unpaired) electrons. The molecule has 0 saturated heterocycles. The van der Waals surface area contributed by atoms with Crippen molar-refractivity contribution in [1.29, 1.82) is 0 Å². The molecular formula is C4H9O6P. The van der Waals surface area contributed by atoms with E-state index in [9.17, 15) is 9.36 Å². The van der Waals surface area contributed by atoms with E-state index in [1.807, 2.05) is 0 Å². The van der Waals surface area contributed by atoms with Crippen molar-refractivity contribution in [2.24, 2.45) is 0 Å². The smallest absolute Gasteiger partial charge is 0.471 e. The van der Waals surface area contributed by atoms with E-state index in [1.165, 1.54) is 0 Å². The average molecular weight is 184 g/mol. The molecule has 0 aliphatic carbocycles. The molecule has 6 nitrogen and oxygen atoms in total. The van der Waals surface area contributed by atoms with E-state index in [0.29, 0.717) is 0 Å². The Morgan fingerprint density at radius 1 is 1.64 bits per heavy atom. The lowest BCUT2D eigenvalue weighted by Crippen LogP contribution is -2.01. The standard InChI is InChI=1S/C4H9O6P/c1-9-11(7,8)10-3-2-4(5)6/h2-3H2,1H3,(H,5,6)(H,7,8). The van der Waals surface area contributed by atoms with Gasteiger partial charge in [0.15, 0.2) is 0 Å². The van der Waals surface area contributed by atoms with Crippen LogP contribution in [0.4, 0.5) is 0 Å². The lowest BCUT2D eigenvalue weighted by atomic mass is 10.5. The molecule has 7 heteroatoms. The largest absolute Gasteiger partial charge is 0.481 e. The molecule has 0 aliphatic rings. The number of aliphatic carboxylic acids is 1. The predicted molar refractivity (Wildman–Crippen MR) is 35.0 cm³/mol. The van der Waals surface area contributed by atoms with Crippen LogP contribution in [0.5, 0.6) is 0 Å². The zero-order chi connectivity index (χ0) is 8.91. The molecular weight excluding hydrogens is 175 g/mol. The van der Waals surface area contributed by atoms with Crippen molar-refractivity contribution >= 4 is 13.8 Å². The van der Waals surface area contributed by atoms with Crippen LogP contribution in [0.15, 0.2) is 0 Å². The van der Waals surface area contributed by atoms with Crippen molar-refractivity contribution in [3.8, 4) is 0 Å². The zero-order valence-electron chi connectivity index (χ0n) is 5.89.